The molecule has 1 rings (SSSR count). The number of nitrogens with two attached hydrogens (primary N) is 1. The number of likely N-dealkylation sites (tertiary alicyclic amines) is 1. The van der Waals surface area contributed by atoms with Gasteiger partial charge >= 0.3 is 0 Å². The third-order valence-electron chi connectivity index (χ3n) is 3.02. The zero-order valence-electron chi connectivity index (χ0n) is 9.85. The highest BCUT2D eigenvalue weighted by Gasteiger charge is 2.38. The van der Waals surface area contributed by atoms with Gasteiger partial charge in [0.15, 0.2) is 0 Å². The molecule has 0 radical (unpaired) electrons. The topological polar surface area (TPSA) is 83.6 Å². The molecule has 0 aromatic rings. The molecule has 0 aromatic heterocycles. The first-order chi connectivity index (χ1) is 7.47. The van der Waals surface area contributed by atoms with Crippen LogP contribution < -0.4 is 5.73 Å². The second-order valence-corrected chi connectivity index (χ2v) is 4.49. The van der Waals surface area contributed by atoms with Crippen molar-refractivity contribution in [3.8, 4) is 0 Å². The van der Waals surface area contributed by atoms with Gasteiger partial charge in [-0.25, -0.2) is 0 Å². The number of aliphatic hydroxyl groups is 1. The lowest BCUT2D eigenvalue weighted by atomic mass is 10.0. The minimum Gasteiger partial charge on any atom is -0.391 e. The Labute approximate surface area is 95.6 Å². The molecule has 1 aliphatic rings. The lowest BCUT2D eigenvalue weighted by Gasteiger charge is -2.27. The van der Waals surface area contributed by atoms with E-state index in [0.29, 0.717) is 13.0 Å². The molecule has 5 heteroatoms. The Balaban J connectivity index is 2.72. The van der Waals surface area contributed by atoms with Crippen LogP contribution in [0.5, 0.6) is 0 Å². The van der Waals surface area contributed by atoms with E-state index in [4.69, 9.17) is 5.73 Å². The zero-order valence-corrected chi connectivity index (χ0v) is 9.85. The number of hydrogen-bond acceptors (Lipinski definition) is 3. The summed E-state index contributed by atoms with van der Waals surface area (Å²) in [5, 5.41) is 9.48. The molecule has 16 heavy (non-hydrogen) atoms. The molecule has 3 N–H and O–H groups in total. The maximum absolute atomic E-state index is 11.7. The molecule has 2 amide bonds. The average Bonchev–Trinajstić information content (AvgIpc) is 2.47. The first-order valence-electron chi connectivity index (χ1n) is 5.74. The monoisotopic (exact) mass is 228 g/mol. The molecule has 0 aromatic carbocycles. The van der Waals surface area contributed by atoms with Gasteiger partial charge in [0.05, 0.1) is 6.10 Å². The largest absolute Gasteiger partial charge is 0.391 e. The number of aliphatic hydroxyl groups excluding tert-OH is 1. The molecule has 0 saturated carbocycles. The normalized spacial score (nSPS) is 24.6. The standard InChI is InChI=1S/C11H20N2O3/c1-3-4-8-5-9(15)13(6-8)10(7(2)14)11(12)16/h7-8,10,14H,3-6H2,1-2H3,(H2,12,16)/t7-,8?,10?/m1/s1. The zero-order chi connectivity index (χ0) is 12.3. The van der Waals surface area contributed by atoms with Crippen LogP contribution >= 0.6 is 0 Å². The molecule has 0 bridgehead atoms. The van der Waals surface area contributed by atoms with E-state index in [1.165, 1.54) is 11.8 Å². The highest BCUT2D eigenvalue weighted by atomic mass is 16.3. The summed E-state index contributed by atoms with van der Waals surface area (Å²) < 4.78 is 0. The van der Waals surface area contributed by atoms with Gasteiger partial charge in [0, 0.05) is 13.0 Å². The first kappa shape index (κ1) is 13.0. The Morgan fingerprint density at radius 2 is 2.31 bits per heavy atom. The van der Waals surface area contributed by atoms with E-state index < -0.39 is 18.1 Å². The van der Waals surface area contributed by atoms with Crippen molar-refractivity contribution in [1.82, 2.24) is 4.90 Å². The van der Waals surface area contributed by atoms with Crippen molar-refractivity contribution in [3.63, 3.8) is 0 Å². The molecule has 92 valence electrons. The highest BCUT2D eigenvalue weighted by Crippen LogP contribution is 2.24. The van der Waals surface area contributed by atoms with Gasteiger partial charge in [-0.3, -0.25) is 9.59 Å². The van der Waals surface area contributed by atoms with Crippen molar-refractivity contribution in [2.24, 2.45) is 11.7 Å². The van der Waals surface area contributed by atoms with E-state index in [0.717, 1.165) is 12.8 Å². The fourth-order valence-corrected chi connectivity index (χ4v) is 2.33. The van der Waals surface area contributed by atoms with E-state index in [2.05, 4.69) is 6.92 Å². The summed E-state index contributed by atoms with van der Waals surface area (Å²) in [5.41, 5.74) is 5.21. The SMILES string of the molecule is CCCC1CC(=O)N(C(C(N)=O)[C@@H](C)O)C1. The van der Waals surface area contributed by atoms with Gasteiger partial charge in [-0.15, -0.1) is 0 Å². The van der Waals surface area contributed by atoms with E-state index in [9.17, 15) is 14.7 Å². The van der Waals surface area contributed by atoms with Crippen LogP contribution in [0.25, 0.3) is 0 Å². The predicted molar refractivity (Wildman–Crippen MR) is 59.4 cm³/mol. The quantitative estimate of drug-likeness (QED) is 0.687. The molecule has 1 heterocycles. The van der Waals surface area contributed by atoms with Gasteiger partial charge in [0.2, 0.25) is 11.8 Å². The van der Waals surface area contributed by atoms with Crippen LogP contribution in [0, 0.1) is 5.92 Å². The lowest BCUT2D eigenvalue weighted by molar-refractivity contribution is -0.139. The van der Waals surface area contributed by atoms with Crippen LogP contribution in [0.1, 0.15) is 33.1 Å². The van der Waals surface area contributed by atoms with E-state index in [-0.39, 0.29) is 11.8 Å². The summed E-state index contributed by atoms with van der Waals surface area (Å²) in [7, 11) is 0. The Hall–Kier alpha value is -1.10. The van der Waals surface area contributed by atoms with E-state index >= 15 is 0 Å². The first-order valence-corrected chi connectivity index (χ1v) is 5.74. The van der Waals surface area contributed by atoms with Crippen molar-refractivity contribution < 1.29 is 14.7 Å². The van der Waals surface area contributed by atoms with Crippen LogP contribution in [0.3, 0.4) is 0 Å². The number of hydrogen-bond donors (Lipinski definition) is 2. The summed E-state index contributed by atoms with van der Waals surface area (Å²) in [6.45, 7) is 4.08. The third kappa shape index (κ3) is 2.72. The van der Waals surface area contributed by atoms with Crippen LogP contribution in [-0.2, 0) is 9.59 Å². The summed E-state index contributed by atoms with van der Waals surface area (Å²) in [4.78, 5) is 24.3. The van der Waals surface area contributed by atoms with Gasteiger partial charge in [0.1, 0.15) is 6.04 Å². The molecule has 3 atom stereocenters. The maximum Gasteiger partial charge on any atom is 0.242 e. The Kier molecular flexibility index (Phi) is 4.29. The van der Waals surface area contributed by atoms with Crippen LogP contribution in [0.2, 0.25) is 0 Å². The fourth-order valence-electron chi connectivity index (χ4n) is 2.33. The molecule has 5 nitrogen and oxygen atoms in total. The fraction of sp³-hybridized carbons (Fsp3) is 0.818. The molecule has 1 aliphatic heterocycles. The minimum atomic E-state index is -0.915. The van der Waals surface area contributed by atoms with Gasteiger partial charge in [-0.1, -0.05) is 13.3 Å². The van der Waals surface area contributed by atoms with Gasteiger partial charge in [0.25, 0.3) is 0 Å². The molecule has 1 fully saturated rings. The van der Waals surface area contributed by atoms with Crippen molar-refractivity contribution in [3.05, 3.63) is 0 Å². The lowest BCUT2D eigenvalue weighted by Crippen LogP contribution is -2.51. The molecular formula is C11H20N2O3. The van der Waals surface area contributed by atoms with Crippen LogP contribution in [0.4, 0.5) is 0 Å². The Morgan fingerprint density at radius 3 is 2.75 bits per heavy atom. The maximum atomic E-state index is 11.7. The Bertz CT molecular complexity index is 278. The van der Waals surface area contributed by atoms with Crippen molar-refractivity contribution in [2.45, 2.75) is 45.3 Å². The Morgan fingerprint density at radius 1 is 1.69 bits per heavy atom. The number of primary amides is 1. The number of carbonyl (C=O) groups is 2. The van der Waals surface area contributed by atoms with Crippen molar-refractivity contribution in [1.29, 1.82) is 0 Å². The van der Waals surface area contributed by atoms with Gasteiger partial charge in [-0.2, -0.15) is 0 Å². The summed E-state index contributed by atoms with van der Waals surface area (Å²) in [5.74, 6) is -0.429. The number of nitrogens with zero attached hydrogens (tertiary/aromatic N) is 1. The molecule has 0 aliphatic carbocycles. The second-order valence-electron chi connectivity index (χ2n) is 4.49. The molecule has 2 unspecified atom stereocenters. The summed E-state index contributed by atoms with van der Waals surface area (Å²) in [6, 6.07) is -0.880. The van der Waals surface area contributed by atoms with Gasteiger partial charge in [-0.05, 0) is 19.3 Å². The summed E-state index contributed by atoms with van der Waals surface area (Å²) >= 11 is 0. The summed E-state index contributed by atoms with van der Waals surface area (Å²) in [6.07, 6.45) is 1.53. The van der Waals surface area contributed by atoms with Crippen LogP contribution in [-0.4, -0.2) is 40.5 Å². The van der Waals surface area contributed by atoms with Crippen LogP contribution in [0.15, 0.2) is 0 Å². The number of amides is 2. The molecular weight excluding hydrogens is 208 g/mol. The van der Waals surface area contributed by atoms with E-state index in [1.54, 1.807) is 0 Å². The number of carbonyl (C=O) groups excluding carboxylic acids is 2. The molecule has 0 spiro atoms. The minimum absolute atomic E-state index is 0.0804. The number of rotatable bonds is 5. The van der Waals surface area contributed by atoms with E-state index in [1.807, 2.05) is 0 Å². The third-order valence-corrected chi connectivity index (χ3v) is 3.02. The van der Waals surface area contributed by atoms with Gasteiger partial charge < -0.3 is 15.7 Å². The highest BCUT2D eigenvalue weighted by molar-refractivity contribution is 5.88. The predicted octanol–water partition coefficient (Wildman–Crippen LogP) is -0.130. The second kappa shape index (κ2) is 5.30. The smallest absolute Gasteiger partial charge is 0.242 e. The van der Waals surface area contributed by atoms with Crippen molar-refractivity contribution >= 4 is 11.8 Å². The average molecular weight is 228 g/mol. The van der Waals surface area contributed by atoms with Crippen molar-refractivity contribution in [2.75, 3.05) is 6.54 Å². The molecule has 1 saturated heterocycles.